The number of anilines is 1. The second-order valence-corrected chi connectivity index (χ2v) is 6.11. The normalized spacial score (nSPS) is 22.7. The van der Waals surface area contributed by atoms with E-state index >= 15 is 0 Å². The SMILES string of the molecule is O=C(CC1CCCOC1)N1CCN(c2ccccc2F)CC1. The number of amides is 1. The second-order valence-electron chi connectivity index (χ2n) is 6.11. The molecule has 1 aromatic rings. The molecule has 0 N–H and O–H groups in total. The Morgan fingerprint density at radius 1 is 1.23 bits per heavy atom. The van der Waals surface area contributed by atoms with Crippen LogP contribution in [0.15, 0.2) is 24.3 Å². The number of nitrogens with zero attached hydrogens (tertiary/aromatic N) is 2. The van der Waals surface area contributed by atoms with Crippen molar-refractivity contribution in [2.45, 2.75) is 19.3 Å². The summed E-state index contributed by atoms with van der Waals surface area (Å²) in [5.41, 5.74) is 0.635. The molecular formula is C17H23FN2O2. The third-order valence-electron chi connectivity index (χ3n) is 4.54. The van der Waals surface area contributed by atoms with Crippen molar-refractivity contribution in [2.24, 2.45) is 5.92 Å². The molecule has 1 amide bonds. The van der Waals surface area contributed by atoms with Gasteiger partial charge in [-0.2, -0.15) is 0 Å². The van der Waals surface area contributed by atoms with Crippen LogP contribution in [0.3, 0.4) is 0 Å². The summed E-state index contributed by atoms with van der Waals surface area (Å²) < 4.78 is 19.2. The fourth-order valence-corrected chi connectivity index (χ4v) is 3.25. The van der Waals surface area contributed by atoms with Crippen LogP contribution >= 0.6 is 0 Å². The van der Waals surface area contributed by atoms with Crippen LogP contribution in [-0.2, 0) is 9.53 Å². The van der Waals surface area contributed by atoms with Gasteiger partial charge in [0.1, 0.15) is 5.82 Å². The van der Waals surface area contributed by atoms with Crippen molar-refractivity contribution in [3.63, 3.8) is 0 Å². The monoisotopic (exact) mass is 306 g/mol. The summed E-state index contributed by atoms with van der Waals surface area (Å²) in [7, 11) is 0. The molecule has 1 atom stereocenters. The van der Waals surface area contributed by atoms with Gasteiger partial charge in [0.05, 0.1) is 5.69 Å². The van der Waals surface area contributed by atoms with Crippen molar-refractivity contribution >= 4 is 11.6 Å². The van der Waals surface area contributed by atoms with E-state index in [0.29, 0.717) is 50.8 Å². The fraction of sp³-hybridized carbons (Fsp3) is 0.588. The van der Waals surface area contributed by atoms with Gasteiger partial charge in [0.25, 0.3) is 0 Å². The van der Waals surface area contributed by atoms with E-state index in [1.54, 1.807) is 12.1 Å². The van der Waals surface area contributed by atoms with Crippen LogP contribution in [0.5, 0.6) is 0 Å². The molecule has 2 fully saturated rings. The van der Waals surface area contributed by atoms with Crippen LogP contribution in [0.2, 0.25) is 0 Å². The first-order valence-electron chi connectivity index (χ1n) is 8.09. The molecule has 0 aliphatic carbocycles. The van der Waals surface area contributed by atoms with Crippen molar-refractivity contribution in [2.75, 3.05) is 44.3 Å². The lowest BCUT2D eigenvalue weighted by Crippen LogP contribution is -2.49. The van der Waals surface area contributed by atoms with Gasteiger partial charge < -0.3 is 14.5 Å². The van der Waals surface area contributed by atoms with E-state index in [9.17, 15) is 9.18 Å². The molecule has 0 radical (unpaired) electrons. The smallest absolute Gasteiger partial charge is 0.223 e. The van der Waals surface area contributed by atoms with Gasteiger partial charge in [-0.05, 0) is 30.9 Å². The Hall–Kier alpha value is -1.62. The first-order valence-corrected chi connectivity index (χ1v) is 8.09. The Labute approximate surface area is 130 Å². The molecule has 0 aromatic heterocycles. The number of hydrogen-bond acceptors (Lipinski definition) is 3. The Morgan fingerprint density at radius 2 is 2.00 bits per heavy atom. The minimum absolute atomic E-state index is 0.193. The van der Waals surface area contributed by atoms with Crippen molar-refractivity contribution < 1.29 is 13.9 Å². The van der Waals surface area contributed by atoms with Crippen LogP contribution in [0.1, 0.15) is 19.3 Å². The predicted molar refractivity (Wildman–Crippen MR) is 83.4 cm³/mol. The summed E-state index contributed by atoms with van der Waals surface area (Å²) in [5, 5.41) is 0. The maximum absolute atomic E-state index is 13.8. The number of rotatable bonds is 3. The Balaban J connectivity index is 1.51. The maximum Gasteiger partial charge on any atom is 0.223 e. The second kappa shape index (κ2) is 7.09. The first-order chi connectivity index (χ1) is 10.7. The van der Waals surface area contributed by atoms with E-state index in [1.807, 2.05) is 15.9 Å². The topological polar surface area (TPSA) is 32.8 Å². The molecule has 0 saturated carbocycles. The van der Waals surface area contributed by atoms with Crippen molar-refractivity contribution in [3.8, 4) is 0 Å². The standard InChI is InChI=1S/C17H23FN2O2/c18-15-5-1-2-6-16(15)19-7-9-20(10-8-19)17(21)12-14-4-3-11-22-13-14/h1-2,5-6,14H,3-4,7-13H2. The van der Waals surface area contributed by atoms with Crippen molar-refractivity contribution in [1.29, 1.82) is 0 Å². The van der Waals surface area contributed by atoms with E-state index in [-0.39, 0.29) is 11.7 Å². The summed E-state index contributed by atoms with van der Waals surface area (Å²) in [4.78, 5) is 16.3. The predicted octanol–water partition coefficient (Wildman–Crippen LogP) is 2.29. The summed E-state index contributed by atoms with van der Waals surface area (Å²) in [6.07, 6.45) is 2.72. The lowest BCUT2D eigenvalue weighted by molar-refractivity contribution is -0.133. The quantitative estimate of drug-likeness (QED) is 0.859. The molecule has 2 aliphatic heterocycles. The third-order valence-corrected chi connectivity index (χ3v) is 4.54. The molecule has 22 heavy (non-hydrogen) atoms. The van der Waals surface area contributed by atoms with Gasteiger partial charge >= 0.3 is 0 Å². The van der Waals surface area contributed by atoms with Crippen molar-refractivity contribution in [1.82, 2.24) is 4.90 Å². The molecule has 4 nitrogen and oxygen atoms in total. The number of benzene rings is 1. The highest BCUT2D eigenvalue weighted by Crippen LogP contribution is 2.22. The summed E-state index contributed by atoms with van der Waals surface area (Å²) in [6, 6.07) is 6.83. The lowest BCUT2D eigenvalue weighted by Gasteiger charge is -2.37. The van der Waals surface area contributed by atoms with Crippen LogP contribution in [0.4, 0.5) is 10.1 Å². The third kappa shape index (κ3) is 3.58. The van der Waals surface area contributed by atoms with Gasteiger partial charge in [-0.1, -0.05) is 12.1 Å². The molecular weight excluding hydrogens is 283 g/mol. The van der Waals surface area contributed by atoms with E-state index in [2.05, 4.69) is 0 Å². The van der Waals surface area contributed by atoms with Crippen LogP contribution in [0, 0.1) is 11.7 Å². The number of ether oxygens (including phenoxy) is 1. The van der Waals surface area contributed by atoms with Crippen LogP contribution in [0.25, 0.3) is 0 Å². The molecule has 0 spiro atoms. The minimum atomic E-state index is -0.193. The van der Waals surface area contributed by atoms with Gasteiger partial charge in [0, 0.05) is 45.8 Å². The zero-order chi connectivity index (χ0) is 15.4. The highest BCUT2D eigenvalue weighted by molar-refractivity contribution is 5.76. The Bertz CT molecular complexity index is 509. The highest BCUT2D eigenvalue weighted by atomic mass is 19.1. The minimum Gasteiger partial charge on any atom is -0.381 e. The van der Waals surface area contributed by atoms with E-state index in [1.165, 1.54) is 6.07 Å². The summed E-state index contributed by atoms with van der Waals surface area (Å²) in [6.45, 7) is 4.25. The largest absolute Gasteiger partial charge is 0.381 e. The van der Waals surface area contributed by atoms with Crippen LogP contribution in [-0.4, -0.2) is 50.2 Å². The molecule has 5 heteroatoms. The number of halogens is 1. The lowest BCUT2D eigenvalue weighted by atomic mass is 9.98. The average Bonchev–Trinajstić information content (AvgIpc) is 2.56. The van der Waals surface area contributed by atoms with Gasteiger partial charge in [0.15, 0.2) is 0 Å². The average molecular weight is 306 g/mol. The number of para-hydroxylation sites is 1. The first kappa shape index (κ1) is 15.3. The zero-order valence-corrected chi connectivity index (χ0v) is 12.8. The Morgan fingerprint density at radius 3 is 2.68 bits per heavy atom. The molecule has 2 heterocycles. The molecule has 120 valence electrons. The Kier molecular flexibility index (Phi) is 4.93. The van der Waals surface area contributed by atoms with Gasteiger partial charge in [-0.25, -0.2) is 4.39 Å². The molecule has 1 unspecified atom stereocenters. The molecule has 0 bridgehead atoms. The fourth-order valence-electron chi connectivity index (χ4n) is 3.25. The molecule has 3 rings (SSSR count). The molecule has 2 saturated heterocycles. The van der Waals surface area contributed by atoms with E-state index in [4.69, 9.17) is 4.74 Å². The summed E-state index contributed by atoms with van der Waals surface area (Å²) in [5.74, 6) is 0.385. The summed E-state index contributed by atoms with van der Waals surface area (Å²) >= 11 is 0. The maximum atomic E-state index is 13.8. The number of hydrogen-bond donors (Lipinski definition) is 0. The van der Waals surface area contributed by atoms with Crippen LogP contribution < -0.4 is 4.90 Å². The molecule has 1 aromatic carbocycles. The van der Waals surface area contributed by atoms with E-state index in [0.717, 1.165) is 19.4 Å². The number of piperazine rings is 1. The van der Waals surface area contributed by atoms with E-state index < -0.39 is 0 Å². The molecule has 2 aliphatic rings. The van der Waals surface area contributed by atoms with Crippen molar-refractivity contribution in [3.05, 3.63) is 30.1 Å². The zero-order valence-electron chi connectivity index (χ0n) is 12.8. The number of carbonyl (C=O) groups is 1. The van der Waals surface area contributed by atoms with Gasteiger partial charge in [0.2, 0.25) is 5.91 Å². The highest BCUT2D eigenvalue weighted by Gasteiger charge is 2.25. The number of carbonyl (C=O) groups excluding carboxylic acids is 1. The van der Waals surface area contributed by atoms with Gasteiger partial charge in [-0.15, -0.1) is 0 Å². The van der Waals surface area contributed by atoms with Gasteiger partial charge in [-0.3, -0.25) is 4.79 Å².